The van der Waals surface area contributed by atoms with Crippen molar-refractivity contribution in [3.63, 3.8) is 0 Å². The summed E-state index contributed by atoms with van der Waals surface area (Å²) in [5.41, 5.74) is 0. The van der Waals surface area contributed by atoms with E-state index in [2.05, 4.69) is 4.74 Å². The zero-order valence-electron chi connectivity index (χ0n) is 4.35. The van der Waals surface area contributed by atoms with Crippen molar-refractivity contribution in [2.45, 2.75) is 26.7 Å². The Labute approximate surface area is 54.0 Å². The van der Waals surface area contributed by atoms with Crippen molar-refractivity contribution in [1.29, 1.82) is 0 Å². The summed E-state index contributed by atoms with van der Waals surface area (Å²) in [4.78, 5) is 20.5. The number of carbonyl (C=O) groups excluding carboxylic acids is 2. The van der Waals surface area contributed by atoms with Crippen LogP contribution in [0.5, 0.6) is 0 Å². The quantitative estimate of drug-likeness (QED) is 0.361. The minimum atomic E-state index is -0.388. The predicted octanol–water partition coefficient (Wildman–Crippen LogP) is 0.876. The summed E-state index contributed by atoms with van der Waals surface area (Å²) < 4.78 is 4.21. The lowest BCUT2D eigenvalue weighted by Gasteiger charge is -2.06. The zero-order valence-corrected chi connectivity index (χ0v) is 4.35. The van der Waals surface area contributed by atoms with Crippen LogP contribution >= 0.6 is 0 Å². The molecule has 52 valence electrons. The summed E-state index contributed by atoms with van der Waals surface area (Å²) >= 11 is 0. The molecule has 0 amide bonds. The fourth-order valence-corrected chi connectivity index (χ4v) is 0.606. The van der Waals surface area contributed by atoms with Crippen LogP contribution in [-0.4, -0.2) is 11.9 Å². The average molecular weight is 130 g/mol. The highest BCUT2D eigenvalue weighted by atomic mass is 16.6. The van der Waals surface area contributed by atoms with Crippen LogP contribution in [0, 0.1) is 0 Å². The molecular formula is C6H10O3. The number of hydrogen-bond acceptors (Lipinski definition) is 3. The van der Waals surface area contributed by atoms with Gasteiger partial charge in [-0.15, -0.1) is 0 Å². The Balaban J connectivity index is 0.000000640. The van der Waals surface area contributed by atoms with Gasteiger partial charge in [-0.1, -0.05) is 7.43 Å². The minimum absolute atomic E-state index is 0. The fourth-order valence-electron chi connectivity index (χ4n) is 0.606. The first-order valence-corrected chi connectivity index (χ1v) is 2.52. The first-order valence-electron chi connectivity index (χ1n) is 2.52. The van der Waals surface area contributed by atoms with E-state index in [9.17, 15) is 9.59 Å². The normalized spacial score (nSPS) is 18.2. The number of cyclic esters (lactones) is 2. The van der Waals surface area contributed by atoms with Crippen LogP contribution in [0.1, 0.15) is 26.7 Å². The molecule has 1 rings (SSSR count). The standard InChI is InChI=1S/C5H6O3.CH4/c6-4-2-1-3-5(7)8-4;/h1-3H2;1H4. The maximum Gasteiger partial charge on any atom is 0.313 e. The van der Waals surface area contributed by atoms with Crippen LogP contribution < -0.4 is 0 Å². The van der Waals surface area contributed by atoms with Gasteiger partial charge in [0.1, 0.15) is 0 Å². The third kappa shape index (κ3) is 2.26. The molecule has 0 atom stereocenters. The molecule has 0 aliphatic carbocycles. The molecule has 1 fully saturated rings. The van der Waals surface area contributed by atoms with E-state index in [-0.39, 0.29) is 19.4 Å². The molecule has 0 aromatic heterocycles. The molecule has 1 aliphatic heterocycles. The highest BCUT2D eigenvalue weighted by Crippen LogP contribution is 2.06. The largest absolute Gasteiger partial charge is 0.393 e. The molecule has 1 saturated heterocycles. The van der Waals surface area contributed by atoms with Crippen molar-refractivity contribution in [2.75, 3.05) is 0 Å². The van der Waals surface area contributed by atoms with E-state index >= 15 is 0 Å². The van der Waals surface area contributed by atoms with Gasteiger partial charge in [0, 0.05) is 12.8 Å². The van der Waals surface area contributed by atoms with Gasteiger partial charge < -0.3 is 4.74 Å². The Bertz CT molecular complexity index is 114. The molecule has 0 aromatic carbocycles. The van der Waals surface area contributed by atoms with Gasteiger partial charge in [-0.05, 0) is 6.42 Å². The Morgan fingerprint density at radius 2 is 1.56 bits per heavy atom. The summed E-state index contributed by atoms with van der Waals surface area (Å²) in [7, 11) is 0. The summed E-state index contributed by atoms with van der Waals surface area (Å²) in [6.07, 6.45) is 1.44. The van der Waals surface area contributed by atoms with Crippen LogP contribution in [0.3, 0.4) is 0 Å². The lowest BCUT2D eigenvalue weighted by molar-refractivity contribution is -0.163. The first kappa shape index (κ1) is 8.14. The lowest BCUT2D eigenvalue weighted by Crippen LogP contribution is -2.17. The predicted molar refractivity (Wildman–Crippen MR) is 31.7 cm³/mol. The average Bonchev–Trinajstić information content (AvgIpc) is 1.64. The Morgan fingerprint density at radius 1 is 1.11 bits per heavy atom. The Morgan fingerprint density at radius 3 is 1.78 bits per heavy atom. The number of carbonyl (C=O) groups is 2. The molecule has 1 heterocycles. The first-order chi connectivity index (χ1) is 3.79. The Hall–Kier alpha value is -0.860. The van der Waals surface area contributed by atoms with Crippen LogP contribution in [-0.2, 0) is 14.3 Å². The van der Waals surface area contributed by atoms with Crippen molar-refractivity contribution < 1.29 is 14.3 Å². The maximum absolute atomic E-state index is 10.2. The van der Waals surface area contributed by atoms with E-state index in [0.29, 0.717) is 19.3 Å². The van der Waals surface area contributed by atoms with Gasteiger partial charge in [0.2, 0.25) is 0 Å². The smallest absolute Gasteiger partial charge is 0.313 e. The molecule has 1 aliphatic rings. The molecule has 0 bridgehead atoms. The Kier molecular flexibility index (Phi) is 2.91. The SMILES string of the molecule is C.O=C1CCCC(=O)O1. The van der Waals surface area contributed by atoms with Gasteiger partial charge >= 0.3 is 11.9 Å². The van der Waals surface area contributed by atoms with Crippen molar-refractivity contribution in [3.8, 4) is 0 Å². The van der Waals surface area contributed by atoms with Crippen LogP contribution in [0.15, 0.2) is 0 Å². The molecule has 9 heavy (non-hydrogen) atoms. The minimum Gasteiger partial charge on any atom is -0.393 e. The van der Waals surface area contributed by atoms with Crippen LogP contribution in [0.4, 0.5) is 0 Å². The molecule has 0 N–H and O–H groups in total. The molecule has 0 saturated carbocycles. The van der Waals surface area contributed by atoms with Gasteiger partial charge in [-0.25, -0.2) is 0 Å². The molecular weight excluding hydrogens is 120 g/mol. The number of rotatable bonds is 0. The van der Waals surface area contributed by atoms with Gasteiger partial charge in [0.05, 0.1) is 0 Å². The monoisotopic (exact) mass is 130 g/mol. The second-order valence-corrected chi connectivity index (χ2v) is 1.70. The summed E-state index contributed by atoms with van der Waals surface area (Å²) in [5, 5.41) is 0. The molecule has 0 spiro atoms. The summed E-state index contributed by atoms with van der Waals surface area (Å²) in [6.45, 7) is 0. The number of esters is 2. The van der Waals surface area contributed by atoms with Gasteiger partial charge in [0.25, 0.3) is 0 Å². The van der Waals surface area contributed by atoms with Crippen molar-refractivity contribution in [3.05, 3.63) is 0 Å². The van der Waals surface area contributed by atoms with Crippen molar-refractivity contribution in [2.24, 2.45) is 0 Å². The molecule has 3 nitrogen and oxygen atoms in total. The molecule has 3 heteroatoms. The van der Waals surface area contributed by atoms with E-state index in [1.54, 1.807) is 0 Å². The van der Waals surface area contributed by atoms with Crippen molar-refractivity contribution in [1.82, 2.24) is 0 Å². The van der Waals surface area contributed by atoms with E-state index in [0.717, 1.165) is 0 Å². The van der Waals surface area contributed by atoms with E-state index in [4.69, 9.17) is 0 Å². The van der Waals surface area contributed by atoms with Crippen molar-refractivity contribution >= 4 is 11.9 Å². The second-order valence-electron chi connectivity index (χ2n) is 1.70. The van der Waals surface area contributed by atoms with Gasteiger partial charge in [-0.3, -0.25) is 9.59 Å². The van der Waals surface area contributed by atoms with Crippen LogP contribution in [0.25, 0.3) is 0 Å². The summed E-state index contributed by atoms with van der Waals surface area (Å²) in [6, 6.07) is 0. The van der Waals surface area contributed by atoms with Gasteiger partial charge in [-0.2, -0.15) is 0 Å². The highest BCUT2D eigenvalue weighted by molar-refractivity contribution is 5.87. The molecule has 0 aromatic rings. The van der Waals surface area contributed by atoms with Crippen LogP contribution in [0.2, 0.25) is 0 Å². The summed E-state index contributed by atoms with van der Waals surface area (Å²) in [5.74, 6) is -0.775. The number of hydrogen-bond donors (Lipinski definition) is 0. The third-order valence-electron chi connectivity index (χ3n) is 0.989. The number of ether oxygens (including phenoxy) is 1. The molecule has 0 radical (unpaired) electrons. The zero-order chi connectivity index (χ0) is 5.98. The maximum atomic E-state index is 10.2. The second kappa shape index (κ2) is 3.22. The highest BCUT2D eigenvalue weighted by Gasteiger charge is 2.15. The van der Waals surface area contributed by atoms with E-state index in [1.807, 2.05) is 0 Å². The third-order valence-corrected chi connectivity index (χ3v) is 0.989. The lowest BCUT2D eigenvalue weighted by atomic mass is 10.2. The van der Waals surface area contributed by atoms with E-state index < -0.39 is 0 Å². The topological polar surface area (TPSA) is 43.4 Å². The van der Waals surface area contributed by atoms with E-state index in [1.165, 1.54) is 0 Å². The molecule has 0 unspecified atom stereocenters. The van der Waals surface area contributed by atoms with Gasteiger partial charge in [0.15, 0.2) is 0 Å². The fraction of sp³-hybridized carbons (Fsp3) is 0.667.